The summed E-state index contributed by atoms with van der Waals surface area (Å²) in [6, 6.07) is 15.0. The average molecular weight is 433 g/mol. The minimum Gasteiger partial charge on any atom is -0.388 e. The molecule has 0 radical (unpaired) electrons. The van der Waals surface area contributed by atoms with Gasteiger partial charge in [-0.3, -0.25) is 4.99 Å². The Hall–Kier alpha value is -2.61. The van der Waals surface area contributed by atoms with Crippen LogP contribution in [0.25, 0.3) is 5.70 Å². The van der Waals surface area contributed by atoms with Gasteiger partial charge in [-0.05, 0) is 78.0 Å². The van der Waals surface area contributed by atoms with Crippen molar-refractivity contribution >= 4 is 17.1 Å². The summed E-state index contributed by atoms with van der Waals surface area (Å²) in [7, 11) is 1.93. The lowest BCUT2D eigenvalue weighted by Gasteiger charge is -2.13. The molecule has 0 bridgehead atoms. The minimum atomic E-state index is 0.432. The first-order valence-electron chi connectivity index (χ1n) is 11.8. The van der Waals surface area contributed by atoms with E-state index in [1.54, 1.807) is 0 Å². The monoisotopic (exact) mass is 432 g/mol. The average Bonchev–Trinajstić information content (AvgIpc) is 2.72. The predicted molar refractivity (Wildman–Crippen MR) is 146 cm³/mol. The molecule has 0 aliphatic carbocycles. The van der Waals surface area contributed by atoms with Gasteiger partial charge in [-0.15, -0.1) is 6.58 Å². The van der Waals surface area contributed by atoms with Crippen LogP contribution in [0.5, 0.6) is 0 Å². The molecule has 0 atom stereocenters. The normalized spacial score (nSPS) is 11.6. The van der Waals surface area contributed by atoms with Gasteiger partial charge in [0.1, 0.15) is 0 Å². The molecule has 0 amide bonds. The molecule has 2 aromatic carbocycles. The molecule has 2 aromatic rings. The lowest BCUT2D eigenvalue weighted by Crippen LogP contribution is -2.01. The molecule has 0 aromatic heterocycles. The molecule has 32 heavy (non-hydrogen) atoms. The van der Waals surface area contributed by atoms with E-state index in [0.29, 0.717) is 11.3 Å². The first kappa shape index (κ1) is 27.4. The van der Waals surface area contributed by atoms with Crippen LogP contribution in [-0.4, -0.2) is 12.8 Å². The van der Waals surface area contributed by atoms with Crippen molar-refractivity contribution in [2.75, 3.05) is 12.4 Å². The maximum atomic E-state index is 4.82. The van der Waals surface area contributed by atoms with Gasteiger partial charge in [0.2, 0.25) is 0 Å². The van der Waals surface area contributed by atoms with Crippen LogP contribution in [0.4, 0.5) is 5.69 Å². The van der Waals surface area contributed by atoms with Crippen LogP contribution in [0.1, 0.15) is 76.6 Å². The largest absolute Gasteiger partial charge is 0.388 e. The van der Waals surface area contributed by atoms with Gasteiger partial charge >= 0.3 is 0 Å². The number of nitrogens with zero attached hydrogens (tertiary/aromatic N) is 1. The van der Waals surface area contributed by atoms with Gasteiger partial charge in [-0.2, -0.15) is 0 Å². The van der Waals surface area contributed by atoms with Crippen molar-refractivity contribution in [1.29, 1.82) is 0 Å². The Morgan fingerprint density at radius 3 is 2.06 bits per heavy atom. The van der Waals surface area contributed by atoms with Crippen molar-refractivity contribution in [3.63, 3.8) is 0 Å². The van der Waals surface area contributed by atoms with Crippen LogP contribution >= 0.6 is 0 Å². The van der Waals surface area contributed by atoms with Crippen molar-refractivity contribution < 1.29 is 0 Å². The molecule has 174 valence electrons. The summed E-state index contributed by atoms with van der Waals surface area (Å²) in [5.41, 5.74) is 8.41. The summed E-state index contributed by atoms with van der Waals surface area (Å²) in [6.07, 6.45) is 5.05. The zero-order chi connectivity index (χ0) is 24.3. The van der Waals surface area contributed by atoms with Crippen molar-refractivity contribution in [1.82, 2.24) is 0 Å². The molecular weight excluding hydrogens is 388 g/mol. The van der Waals surface area contributed by atoms with Crippen LogP contribution in [0.15, 0.2) is 66.7 Å². The van der Waals surface area contributed by atoms with Crippen molar-refractivity contribution in [3.05, 3.63) is 84.0 Å². The van der Waals surface area contributed by atoms with E-state index in [9.17, 15) is 0 Å². The van der Waals surface area contributed by atoms with E-state index < -0.39 is 0 Å². The van der Waals surface area contributed by atoms with E-state index in [1.807, 2.05) is 13.1 Å². The van der Waals surface area contributed by atoms with Crippen molar-refractivity contribution in [3.8, 4) is 0 Å². The van der Waals surface area contributed by atoms with Crippen LogP contribution in [0.2, 0.25) is 0 Å². The molecule has 0 heterocycles. The van der Waals surface area contributed by atoms with Gasteiger partial charge in [-0.25, -0.2) is 0 Å². The molecule has 2 heteroatoms. The van der Waals surface area contributed by atoms with Gasteiger partial charge < -0.3 is 5.32 Å². The molecule has 0 spiro atoms. The topological polar surface area (TPSA) is 24.4 Å². The molecule has 0 saturated heterocycles. The Bertz CT molecular complexity index is 893. The highest BCUT2D eigenvalue weighted by Crippen LogP contribution is 2.22. The van der Waals surface area contributed by atoms with Gasteiger partial charge in [0.25, 0.3) is 0 Å². The molecule has 2 rings (SSSR count). The second-order valence-electron chi connectivity index (χ2n) is 9.98. The Balaban J connectivity index is 0.000000633. The fourth-order valence-corrected chi connectivity index (χ4v) is 3.38. The molecule has 2 nitrogen and oxygen atoms in total. The maximum absolute atomic E-state index is 4.82. The van der Waals surface area contributed by atoms with Crippen molar-refractivity contribution in [2.45, 2.75) is 67.7 Å². The smallest absolute Gasteiger partial charge is 0.0633 e. The van der Waals surface area contributed by atoms with Crippen molar-refractivity contribution in [2.24, 2.45) is 16.3 Å². The molecule has 0 saturated carbocycles. The van der Waals surface area contributed by atoms with E-state index in [-0.39, 0.29) is 0 Å². The second kappa shape index (κ2) is 13.1. The number of aliphatic imine (C=N–C) groups is 1. The van der Waals surface area contributed by atoms with E-state index in [1.165, 1.54) is 11.1 Å². The summed E-state index contributed by atoms with van der Waals surface area (Å²) >= 11 is 0. The standard InChI is InChI=1S/C23H30N2.C7H14/c1-7-23(19-10-12-22(24-6)13-11-19)25-18(5)21-9-8-20(14-16(2)3)17(4)15-21;1-5-6-7(2,3)4/h8-13,15-16,24H,5,7,14H2,1-4,6H3;5H,1,6H2,2-4H3. The molecule has 0 aliphatic rings. The van der Waals surface area contributed by atoms with Crippen LogP contribution in [0.3, 0.4) is 0 Å². The summed E-state index contributed by atoms with van der Waals surface area (Å²) < 4.78 is 0. The molecule has 1 N–H and O–H groups in total. The number of nitrogens with one attached hydrogen (secondary N) is 1. The van der Waals surface area contributed by atoms with E-state index >= 15 is 0 Å². The molecule has 0 aliphatic heterocycles. The van der Waals surface area contributed by atoms with Gasteiger partial charge in [-0.1, -0.05) is 78.5 Å². The highest BCUT2D eigenvalue weighted by atomic mass is 14.8. The van der Waals surface area contributed by atoms with Crippen LogP contribution < -0.4 is 5.32 Å². The minimum absolute atomic E-state index is 0.432. The number of rotatable bonds is 8. The zero-order valence-electron chi connectivity index (χ0n) is 21.7. The Morgan fingerprint density at radius 1 is 1.06 bits per heavy atom. The Kier molecular flexibility index (Phi) is 11.2. The van der Waals surface area contributed by atoms with Gasteiger partial charge in [0, 0.05) is 18.4 Å². The fraction of sp³-hybridized carbons (Fsp3) is 0.433. The third-order valence-corrected chi connectivity index (χ3v) is 5.17. The Labute approximate surface area is 197 Å². The predicted octanol–water partition coefficient (Wildman–Crippen LogP) is 8.71. The molecule has 0 fully saturated rings. The summed E-state index contributed by atoms with van der Waals surface area (Å²) in [6.45, 7) is 23.3. The number of benzene rings is 2. The molecular formula is C30H44N2. The number of aryl methyl sites for hydroxylation is 1. The fourth-order valence-electron chi connectivity index (χ4n) is 3.38. The third-order valence-electron chi connectivity index (χ3n) is 5.17. The van der Waals surface area contributed by atoms with E-state index in [4.69, 9.17) is 4.99 Å². The maximum Gasteiger partial charge on any atom is 0.0633 e. The lowest BCUT2D eigenvalue weighted by molar-refractivity contribution is 0.421. The highest BCUT2D eigenvalue weighted by molar-refractivity contribution is 6.03. The quantitative estimate of drug-likeness (QED) is 0.327. The first-order chi connectivity index (χ1) is 15.0. The van der Waals surface area contributed by atoms with Crippen LogP contribution in [-0.2, 0) is 6.42 Å². The van der Waals surface area contributed by atoms with Crippen LogP contribution in [0, 0.1) is 18.3 Å². The Morgan fingerprint density at radius 2 is 1.66 bits per heavy atom. The second-order valence-corrected chi connectivity index (χ2v) is 9.98. The number of hydrogen-bond donors (Lipinski definition) is 1. The summed E-state index contributed by atoms with van der Waals surface area (Å²) in [5.74, 6) is 0.665. The van der Waals surface area contributed by atoms with E-state index in [0.717, 1.165) is 47.5 Å². The summed E-state index contributed by atoms with van der Waals surface area (Å²) in [4.78, 5) is 4.82. The third kappa shape index (κ3) is 9.68. The number of hydrogen-bond acceptors (Lipinski definition) is 2. The lowest BCUT2D eigenvalue weighted by atomic mass is 9.93. The SMILES string of the molecule is C=C(N=C(CC)c1ccc(NC)cc1)c1ccc(CC(C)C)c(C)c1.C=CCC(C)(C)C. The number of anilines is 1. The molecule has 0 unspecified atom stereocenters. The number of allylic oxidation sites excluding steroid dienone is 1. The first-order valence-corrected chi connectivity index (χ1v) is 11.8. The van der Waals surface area contributed by atoms with Gasteiger partial charge in [0.05, 0.1) is 5.70 Å². The van der Waals surface area contributed by atoms with Gasteiger partial charge in [0.15, 0.2) is 0 Å². The summed E-state index contributed by atoms with van der Waals surface area (Å²) in [5, 5.41) is 3.15. The highest BCUT2D eigenvalue weighted by Gasteiger charge is 2.07. The van der Waals surface area contributed by atoms with E-state index in [2.05, 4.69) is 109 Å². The zero-order valence-corrected chi connectivity index (χ0v) is 21.7.